The minimum absolute atomic E-state index is 0.417. The van der Waals surface area contributed by atoms with Crippen LogP contribution in [0.15, 0.2) is 64.2 Å². The van der Waals surface area contributed by atoms with Crippen LogP contribution in [0.4, 0.5) is 0 Å². The van der Waals surface area contributed by atoms with E-state index in [-0.39, 0.29) is 0 Å². The predicted octanol–water partition coefficient (Wildman–Crippen LogP) is 4.63. The Bertz CT molecular complexity index is 999. The number of hydrogen-bond acceptors (Lipinski definition) is 6. The van der Waals surface area contributed by atoms with Crippen LogP contribution in [-0.4, -0.2) is 20.4 Å². The molecule has 0 fully saturated rings. The molecule has 5 nitrogen and oxygen atoms in total. The quantitative estimate of drug-likeness (QED) is 0.498. The van der Waals surface area contributed by atoms with Crippen molar-refractivity contribution in [3.63, 3.8) is 0 Å². The van der Waals surface area contributed by atoms with Crippen molar-refractivity contribution in [1.29, 1.82) is 0 Å². The molecule has 0 unspecified atom stereocenters. The highest BCUT2D eigenvalue weighted by Crippen LogP contribution is 2.30. The maximum absolute atomic E-state index is 6.16. The molecule has 4 aromatic rings. The molecule has 0 saturated heterocycles. The number of halogens is 1. The van der Waals surface area contributed by atoms with Crippen LogP contribution >= 0.6 is 23.4 Å². The maximum Gasteiger partial charge on any atom is 0.249 e. The van der Waals surface area contributed by atoms with E-state index in [1.807, 2.05) is 42.5 Å². The number of hydrogen-bond donors (Lipinski definition) is 0. The number of fused-ring (bicyclic) bond motifs is 1. The third-order valence-corrected chi connectivity index (χ3v) is 4.74. The summed E-state index contributed by atoms with van der Waals surface area (Å²) in [4.78, 5) is 0. The van der Waals surface area contributed by atoms with Crippen LogP contribution in [0.5, 0.6) is 0 Å². The van der Waals surface area contributed by atoms with Gasteiger partial charge in [-0.25, -0.2) is 0 Å². The first-order valence-electron chi connectivity index (χ1n) is 7.22. The van der Waals surface area contributed by atoms with E-state index < -0.39 is 0 Å². The van der Waals surface area contributed by atoms with E-state index >= 15 is 0 Å². The van der Waals surface area contributed by atoms with E-state index in [1.54, 1.807) is 12.3 Å². The second kappa shape index (κ2) is 6.59. The molecule has 7 heteroatoms. The second-order valence-corrected chi connectivity index (χ2v) is 6.38. The fourth-order valence-electron chi connectivity index (χ4n) is 2.29. The van der Waals surface area contributed by atoms with Gasteiger partial charge in [0, 0.05) is 10.8 Å². The van der Waals surface area contributed by atoms with Crippen LogP contribution < -0.4 is 0 Å². The first kappa shape index (κ1) is 15.1. The lowest BCUT2D eigenvalue weighted by Gasteiger charge is -2.02. The third-order valence-electron chi connectivity index (χ3n) is 3.44. The third kappa shape index (κ3) is 2.98. The average Bonchev–Trinajstić information content (AvgIpc) is 3.09. The van der Waals surface area contributed by atoms with Gasteiger partial charge in [-0.3, -0.25) is 0 Å². The van der Waals surface area contributed by atoms with Gasteiger partial charge < -0.3 is 4.42 Å². The molecular formula is C17H11ClN4OS. The maximum atomic E-state index is 6.16. The number of benzene rings is 2. The molecule has 0 saturated carbocycles. The van der Waals surface area contributed by atoms with Crippen LogP contribution in [0, 0.1) is 0 Å². The van der Waals surface area contributed by atoms with Gasteiger partial charge in [0.1, 0.15) is 5.03 Å². The van der Waals surface area contributed by atoms with Gasteiger partial charge in [-0.1, -0.05) is 59.8 Å². The van der Waals surface area contributed by atoms with Crippen LogP contribution in [0.25, 0.3) is 22.2 Å². The smallest absolute Gasteiger partial charge is 0.249 e. The molecule has 0 aliphatic carbocycles. The summed E-state index contributed by atoms with van der Waals surface area (Å²) in [6.45, 7) is 0. The Morgan fingerprint density at radius 3 is 2.71 bits per heavy atom. The average molecular weight is 355 g/mol. The van der Waals surface area contributed by atoms with Gasteiger partial charge >= 0.3 is 0 Å². The number of thioether (sulfide) groups is 1. The summed E-state index contributed by atoms with van der Waals surface area (Å²) >= 11 is 7.67. The molecular weight excluding hydrogens is 344 g/mol. The molecule has 0 atom stereocenters. The molecule has 0 bridgehead atoms. The van der Waals surface area contributed by atoms with Gasteiger partial charge in [-0.15, -0.1) is 15.3 Å². The van der Waals surface area contributed by atoms with Gasteiger partial charge in [0.2, 0.25) is 11.8 Å². The Morgan fingerprint density at radius 2 is 1.79 bits per heavy atom. The largest absolute Gasteiger partial charge is 0.420 e. The molecule has 0 aliphatic rings. The van der Waals surface area contributed by atoms with Crippen molar-refractivity contribution < 1.29 is 4.42 Å². The van der Waals surface area contributed by atoms with E-state index in [0.29, 0.717) is 22.6 Å². The topological polar surface area (TPSA) is 64.7 Å². The predicted molar refractivity (Wildman–Crippen MR) is 93.8 cm³/mol. The number of aromatic nitrogens is 4. The minimum atomic E-state index is 0.417. The van der Waals surface area contributed by atoms with Crippen molar-refractivity contribution in [2.45, 2.75) is 10.8 Å². The summed E-state index contributed by atoms with van der Waals surface area (Å²) in [5.74, 6) is 1.45. The van der Waals surface area contributed by atoms with Crippen molar-refractivity contribution in [2.24, 2.45) is 0 Å². The second-order valence-electron chi connectivity index (χ2n) is 5.01. The van der Waals surface area contributed by atoms with Gasteiger partial charge in [0.15, 0.2) is 0 Å². The van der Waals surface area contributed by atoms with Crippen LogP contribution in [0.3, 0.4) is 0 Å². The van der Waals surface area contributed by atoms with Crippen LogP contribution in [-0.2, 0) is 5.75 Å². The van der Waals surface area contributed by atoms with Gasteiger partial charge in [0.05, 0.1) is 22.5 Å². The Labute approximate surface area is 147 Å². The molecule has 2 heterocycles. The zero-order chi connectivity index (χ0) is 16.4. The molecule has 0 spiro atoms. The number of nitrogens with zero attached hydrogens (tertiary/aromatic N) is 4. The Balaban J connectivity index is 1.56. The lowest BCUT2D eigenvalue weighted by molar-refractivity contribution is 0.528. The van der Waals surface area contributed by atoms with E-state index in [2.05, 4.69) is 20.4 Å². The van der Waals surface area contributed by atoms with Gasteiger partial charge in [-0.2, -0.15) is 5.10 Å². The van der Waals surface area contributed by atoms with E-state index in [4.69, 9.17) is 16.0 Å². The van der Waals surface area contributed by atoms with Gasteiger partial charge in [0.25, 0.3) is 0 Å². The summed E-state index contributed by atoms with van der Waals surface area (Å²) < 4.78 is 5.71. The Kier molecular flexibility index (Phi) is 4.15. The van der Waals surface area contributed by atoms with E-state index in [0.717, 1.165) is 21.4 Å². The summed E-state index contributed by atoms with van der Waals surface area (Å²) in [6, 6.07) is 15.4. The van der Waals surface area contributed by atoms with Crippen molar-refractivity contribution in [3.05, 3.63) is 65.6 Å². The summed E-state index contributed by atoms with van der Waals surface area (Å²) in [7, 11) is 0. The highest BCUT2D eigenvalue weighted by Gasteiger charge is 2.12. The molecule has 118 valence electrons. The Hall–Kier alpha value is -2.44. The molecule has 2 aromatic heterocycles. The molecule has 2 aromatic carbocycles. The first-order chi connectivity index (χ1) is 11.8. The summed E-state index contributed by atoms with van der Waals surface area (Å²) in [5, 5.41) is 19.9. The lowest BCUT2D eigenvalue weighted by atomic mass is 10.2. The first-order valence-corrected chi connectivity index (χ1v) is 8.58. The lowest BCUT2D eigenvalue weighted by Crippen LogP contribution is -1.88. The fourth-order valence-corrected chi connectivity index (χ4v) is 3.33. The molecule has 0 aliphatic heterocycles. The highest BCUT2D eigenvalue weighted by atomic mass is 35.5. The molecule has 0 radical (unpaired) electrons. The monoisotopic (exact) mass is 354 g/mol. The van der Waals surface area contributed by atoms with Crippen molar-refractivity contribution >= 4 is 34.1 Å². The Morgan fingerprint density at radius 1 is 0.958 bits per heavy atom. The van der Waals surface area contributed by atoms with Crippen LogP contribution in [0.2, 0.25) is 5.02 Å². The van der Waals surface area contributed by atoms with Crippen molar-refractivity contribution in [1.82, 2.24) is 20.4 Å². The summed E-state index contributed by atoms with van der Waals surface area (Å²) in [5.41, 5.74) is 0.730. The summed E-state index contributed by atoms with van der Waals surface area (Å²) in [6.07, 6.45) is 1.75. The molecule has 0 N–H and O–H groups in total. The van der Waals surface area contributed by atoms with Gasteiger partial charge in [-0.05, 0) is 12.1 Å². The molecule has 0 amide bonds. The fraction of sp³-hybridized carbons (Fsp3) is 0.0588. The minimum Gasteiger partial charge on any atom is -0.420 e. The zero-order valence-corrected chi connectivity index (χ0v) is 14.0. The van der Waals surface area contributed by atoms with Crippen molar-refractivity contribution in [2.75, 3.05) is 0 Å². The molecule has 4 rings (SSSR count). The highest BCUT2D eigenvalue weighted by molar-refractivity contribution is 7.98. The normalized spacial score (nSPS) is 11.0. The zero-order valence-electron chi connectivity index (χ0n) is 12.4. The van der Waals surface area contributed by atoms with Crippen molar-refractivity contribution in [3.8, 4) is 11.5 Å². The van der Waals surface area contributed by atoms with E-state index in [9.17, 15) is 0 Å². The van der Waals surface area contributed by atoms with E-state index in [1.165, 1.54) is 11.8 Å². The number of rotatable bonds is 4. The molecule has 24 heavy (non-hydrogen) atoms. The van der Waals surface area contributed by atoms with Crippen LogP contribution in [0.1, 0.15) is 5.89 Å². The SMILES string of the molecule is Clc1ccccc1-c1nnc(CSc2nncc3ccccc23)o1. The standard InChI is InChI=1S/C17H11ClN4OS/c18-14-8-4-3-7-13(14)16-21-20-15(23-16)10-24-17-12-6-2-1-5-11(12)9-19-22-17/h1-9H,10H2.